The maximum absolute atomic E-state index is 12.3. The number of furan rings is 1. The fourth-order valence-corrected chi connectivity index (χ4v) is 3.50. The molecule has 6 heteroatoms. The van der Waals surface area contributed by atoms with Crippen LogP contribution in [0.3, 0.4) is 0 Å². The Labute approximate surface area is 153 Å². The van der Waals surface area contributed by atoms with Gasteiger partial charge in [0.25, 0.3) is 5.91 Å². The van der Waals surface area contributed by atoms with E-state index < -0.39 is 0 Å². The van der Waals surface area contributed by atoms with E-state index in [-0.39, 0.29) is 11.7 Å². The lowest BCUT2D eigenvalue weighted by Gasteiger charge is -2.03. The number of aromatic nitrogens is 1. The summed E-state index contributed by atoms with van der Waals surface area (Å²) < 4.78 is 6.75. The molecule has 0 saturated heterocycles. The summed E-state index contributed by atoms with van der Waals surface area (Å²) in [6.07, 6.45) is 0. The molecule has 0 aliphatic carbocycles. The number of carbonyl (C=O) groups excluding carboxylic acids is 1. The van der Waals surface area contributed by atoms with Gasteiger partial charge in [-0.3, -0.25) is 4.79 Å². The average molecular weight is 359 g/mol. The number of benzene rings is 2. The Kier molecular flexibility index (Phi) is 4.22. The zero-order valence-electron chi connectivity index (χ0n) is 13.6. The number of nitrogens with one attached hydrogen (secondary N) is 1. The third kappa shape index (κ3) is 3.21. The number of amides is 1. The minimum absolute atomic E-state index is 0.232. The summed E-state index contributed by atoms with van der Waals surface area (Å²) in [5.74, 6) is 0.498. The molecule has 0 radical (unpaired) electrons. The number of nitriles is 1. The van der Waals surface area contributed by atoms with Gasteiger partial charge in [-0.2, -0.15) is 5.26 Å². The molecule has 5 nitrogen and oxygen atoms in total. The first-order valence-electron chi connectivity index (χ1n) is 7.96. The molecular formula is C20H13N3O2S. The van der Waals surface area contributed by atoms with Crippen LogP contribution in [0.5, 0.6) is 0 Å². The van der Waals surface area contributed by atoms with E-state index in [1.54, 1.807) is 30.3 Å². The lowest BCUT2D eigenvalue weighted by atomic mass is 10.1. The van der Waals surface area contributed by atoms with E-state index in [0.717, 1.165) is 20.8 Å². The molecule has 4 aromatic rings. The van der Waals surface area contributed by atoms with Gasteiger partial charge in [-0.1, -0.05) is 24.3 Å². The van der Waals surface area contributed by atoms with Crippen LogP contribution in [0.2, 0.25) is 0 Å². The summed E-state index contributed by atoms with van der Waals surface area (Å²) >= 11 is 1.52. The fourth-order valence-electron chi connectivity index (χ4n) is 2.57. The van der Waals surface area contributed by atoms with Crippen LogP contribution in [-0.4, -0.2) is 10.9 Å². The number of hydrogen-bond donors (Lipinski definition) is 1. The summed E-state index contributed by atoms with van der Waals surface area (Å²) in [6.45, 7) is 0.325. The molecule has 0 fully saturated rings. The standard InChI is InChI=1S/C20H13N3O2S/c21-11-13-4-3-5-14(10-13)12-22-19(24)16-8-9-17(25-16)20-23-15-6-1-2-7-18(15)26-20/h1-10H,12H2,(H,22,24). The zero-order chi connectivity index (χ0) is 17.9. The van der Waals surface area contributed by atoms with Gasteiger partial charge < -0.3 is 9.73 Å². The molecule has 126 valence electrons. The average Bonchev–Trinajstić information content (AvgIpc) is 3.33. The molecule has 0 bridgehead atoms. The Balaban J connectivity index is 1.48. The van der Waals surface area contributed by atoms with Crippen molar-refractivity contribution in [3.05, 3.63) is 77.6 Å². The van der Waals surface area contributed by atoms with Crippen molar-refractivity contribution in [2.75, 3.05) is 0 Å². The van der Waals surface area contributed by atoms with Crippen LogP contribution in [0.15, 0.2) is 65.1 Å². The van der Waals surface area contributed by atoms with Gasteiger partial charge >= 0.3 is 0 Å². The lowest BCUT2D eigenvalue weighted by Crippen LogP contribution is -2.22. The van der Waals surface area contributed by atoms with Crippen molar-refractivity contribution in [2.24, 2.45) is 0 Å². The molecule has 4 rings (SSSR count). The van der Waals surface area contributed by atoms with Gasteiger partial charge in [0.1, 0.15) is 0 Å². The summed E-state index contributed by atoms with van der Waals surface area (Å²) in [7, 11) is 0. The normalized spacial score (nSPS) is 10.6. The van der Waals surface area contributed by atoms with Crippen LogP contribution in [0.25, 0.3) is 21.0 Å². The van der Waals surface area contributed by atoms with E-state index >= 15 is 0 Å². The van der Waals surface area contributed by atoms with E-state index in [9.17, 15) is 4.79 Å². The van der Waals surface area contributed by atoms with Crippen molar-refractivity contribution >= 4 is 27.5 Å². The second-order valence-electron chi connectivity index (χ2n) is 5.65. The maximum Gasteiger partial charge on any atom is 0.287 e. The minimum Gasteiger partial charge on any atom is -0.448 e. The van der Waals surface area contributed by atoms with Crippen molar-refractivity contribution in [2.45, 2.75) is 6.54 Å². The van der Waals surface area contributed by atoms with E-state index in [0.29, 0.717) is 17.9 Å². The second kappa shape index (κ2) is 6.82. The summed E-state index contributed by atoms with van der Waals surface area (Å²) in [5.41, 5.74) is 2.33. The smallest absolute Gasteiger partial charge is 0.287 e. The number of para-hydroxylation sites is 1. The van der Waals surface area contributed by atoms with Crippen molar-refractivity contribution < 1.29 is 9.21 Å². The Hall–Kier alpha value is -3.43. The number of fused-ring (bicyclic) bond motifs is 1. The third-order valence-corrected chi connectivity index (χ3v) is 4.89. The number of rotatable bonds is 4. The Morgan fingerprint density at radius 1 is 1.15 bits per heavy atom. The van der Waals surface area contributed by atoms with E-state index in [2.05, 4.69) is 16.4 Å². The molecule has 0 aliphatic rings. The van der Waals surface area contributed by atoms with Crippen molar-refractivity contribution in [1.29, 1.82) is 5.26 Å². The fraction of sp³-hybridized carbons (Fsp3) is 0.0500. The van der Waals surface area contributed by atoms with Crippen molar-refractivity contribution in [1.82, 2.24) is 10.3 Å². The van der Waals surface area contributed by atoms with Crippen LogP contribution >= 0.6 is 11.3 Å². The van der Waals surface area contributed by atoms with Crippen LogP contribution in [0, 0.1) is 11.3 Å². The largest absolute Gasteiger partial charge is 0.448 e. The van der Waals surface area contributed by atoms with Gasteiger partial charge in [-0.15, -0.1) is 11.3 Å². The van der Waals surface area contributed by atoms with E-state index in [4.69, 9.17) is 9.68 Å². The highest BCUT2D eigenvalue weighted by atomic mass is 32.1. The molecular weight excluding hydrogens is 346 g/mol. The van der Waals surface area contributed by atoms with Gasteiger partial charge in [0.15, 0.2) is 16.5 Å². The molecule has 1 N–H and O–H groups in total. The van der Waals surface area contributed by atoms with Gasteiger partial charge in [-0.25, -0.2) is 4.98 Å². The molecule has 2 heterocycles. The highest BCUT2D eigenvalue weighted by Crippen LogP contribution is 2.31. The van der Waals surface area contributed by atoms with E-state index in [1.165, 1.54) is 11.3 Å². The maximum atomic E-state index is 12.3. The van der Waals surface area contributed by atoms with Gasteiger partial charge in [0, 0.05) is 6.54 Å². The SMILES string of the molecule is N#Cc1cccc(CNC(=O)c2ccc(-c3nc4ccccc4s3)o2)c1. The number of carbonyl (C=O) groups is 1. The molecule has 0 saturated carbocycles. The molecule has 26 heavy (non-hydrogen) atoms. The number of nitrogens with zero attached hydrogens (tertiary/aromatic N) is 2. The summed E-state index contributed by atoms with van der Waals surface area (Å²) in [5, 5.41) is 12.5. The lowest BCUT2D eigenvalue weighted by molar-refractivity contribution is 0.0924. The van der Waals surface area contributed by atoms with Gasteiger partial charge in [0.05, 0.1) is 21.8 Å². The summed E-state index contributed by atoms with van der Waals surface area (Å²) in [6, 6.07) is 20.4. The molecule has 2 aromatic heterocycles. The van der Waals surface area contributed by atoms with Crippen LogP contribution in [-0.2, 0) is 6.54 Å². The molecule has 2 aromatic carbocycles. The van der Waals surface area contributed by atoms with Crippen molar-refractivity contribution in [3.8, 4) is 16.8 Å². The Bertz CT molecular complexity index is 1100. The van der Waals surface area contributed by atoms with Crippen LogP contribution < -0.4 is 5.32 Å². The first kappa shape index (κ1) is 16.1. The third-order valence-electron chi connectivity index (χ3n) is 3.84. The summed E-state index contributed by atoms with van der Waals surface area (Å²) in [4.78, 5) is 16.8. The van der Waals surface area contributed by atoms with Gasteiger partial charge in [-0.05, 0) is 42.0 Å². The molecule has 1 amide bonds. The monoisotopic (exact) mass is 359 g/mol. The predicted molar refractivity (Wildman–Crippen MR) is 99.6 cm³/mol. The second-order valence-corrected chi connectivity index (χ2v) is 6.68. The first-order valence-corrected chi connectivity index (χ1v) is 8.77. The molecule has 0 atom stereocenters. The minimum atomic E-state index is -0.306. The van der Waals surface area contributed by atoms with Gasteiger partial charge in [0.2, 0.25) is 0 Å². The Morgan fingerprint density at radius 2 is 2.04 bits per heavy atom. The highest BCUT2D eigenvalue weighted by molar-refractivity contribution is 7.21. The molecule has 0 spiro atoms. The predicted octanol–water partition coefficient (Wildman–Crippen LogP) is 4.36. The number of hydrogen-bond acceptors (Lipinski definition) is 5. The van der Waals surface area contributed by atoms with Crippen molar-refractivity contribution in [3.63, 3.8) is 0 Å². The Morgan fingerprint density at radius 3 is 2.88 bits per heavy atom. The molecule has 0 unspecified atom stereocenters. The van der Waals surface area contributed by atoms with Crippen LogP contribution in [0.1, 0.15) is 21.7 Å². The zero-order valence-corrected chi connectivity index (χ0v) is 14.4. The quantitative estimate of drug-likeness (QED) is 0.587. The molecule has 0 aliphatic heterocycles. The van der Waals surface area contributed by atoms with E-state index in [1.807, 2.05) is 30.3 Å². The van der Waals surface area contributed by atoms with Crippen LogP contribution in [0.4, 0.5) is 0 Å². The first-order chi connectivity index (χ1) is 12.7. The topological polar surface area (TPSA) is 78.9 Å². The highest BCUT2D eigenvalue weighted by Gasteiger charge is 2.14. The number of thiazole rings is 1.